The van der Waals surface area contributed by atoms with Gasteiger partial charge in [-0.05, 0) is 58.3 Å². The van der Waals surface area contributed by atoms with Crippen LogP contribution in [0.2, 0.25) is 0 Å². The van der Waals surface area contributed by atoms with E-state index in [9.17, 15) is 9.18 Å². The van der Waals surface area contributed by atoms with Crippen LogP contribution in [0.15, 0.2) is 29.3 Å². The number of nitrogens with zero attached hydrogens (tertiary/aromatic N) is 2. The van der Waals surface area contributed by atoms with Gasteiger partial charge >= 0.3 is 0 Å². The van der Waals surface area contributed by atoms with Gasteiger partial charge in [-0.25, -0.2) is 9.38 Å². The molecule has 8 heteroatoms. The lowest BCUT2D eigenvalue weighted by atomic mass is 9.96. The molecule has 0 radical (unpaired) electrons. The van der Waals surface area contributed by atoms with Crippen LogP contribution < -0.4 is 16.4 Å². The molecule has 0 aromatic heterocycles. The maximum Gasteiger partial charge on any atom is 0.220 e. The lowest BCUT2D eigenvalue weighted by molar-refractivity contribution is -0.123. The summed E-state index contributed by atoms with van der Waals surface area (Å²) in [5.41, 5.74) is 5.96. The highest BCUT2D eigenvalue weighted by atomic mass is 127. The molecule has 0 unspecified atom stereocenters. The molecule has 158 valence electrons. The van der Waals surface area contributed by atoms with Crippen molar-refractivity contribution in [2.24, 2.45) is 16.6 Å². The molecule has 4 N–H and O–H groups in total. The molecule has 2 rings (SSSR count). The molecule has 1 aliphatic rings. The minimum atomic E-state index is -0.225. The summed E-state index contributed by atoms with van der Waals surface area (Å²) in [6.07, 6.45) is 3.86. The largest absolute Gasteiger partial charge is 0.369 e. The van der Waals surface area contributed by atoms with E-state index in [-0.39, 0.29) is 41.6 Å². The zero-order chi connectivity index (χ0) is 19.5. The highest BCUT2D eigenvalue weighted by Gasteiger charge is 2.22. The molecule has 1 fully saturated rings. The molecular weight excluding hydrogens is 472 g/mol. The predicted octanol–water partition coefficient (Wildman–Crippen LogP) is 2.48. The Labute approximate surface area is 184 Å². The number of nitrogens with one attached hydrogen (secondary N) is 2. The zero-order valence-corrected chi connectivity index (χ0v) is 19.0. The van der Waals surface area contributed by atoms with Crippen LogP contribution in [0.4, 0.5) is 4.39 Å². The summed E-state index contributed by atoms with van der Waals surface area (Å²) in [7, 11) is 0. The van der Waals surface area contributed by atoms with E-state index in [2.05, 4.69) is 20.5 Å². The first-order valence-electron chi connectivity index (χ1n) is 9.87. The Balaban J connectivity index is 0.00000392. The summed E-state index contributed by atoms with van der Waals surface area (Å²) in [6.45, 7) is 6.85. The number of unbranched alkanes of at least 4 members (excludes halogenated alkanes) is 1. The first-order valence-corrected chi connectivity index (χ1v) is 9.87. The Bertz CT molecular complexity index is 620. The normalized spacial score (nSPS) is 15.7. The number of rotatable bonds is 9. The lowest BCUT2D eigenvalue weighted by Crippen LogP contribution is -2.39. The predicted molar refractivity (Wildman–Crippen MR) is 122 cm³/mol. The molecule has 1 aromatic rings. The molecule has 1 aromatic carbocycles. The number of halogens is 2. The molecular formula is C20H33FIN5O. The van der Waals surface area contributed by atoms with Crippen LogP contribution in [0, 0.1) is 11.7 Å². The zero-order valence-electron chi connectivity index (χ0n) is 16.6. The molecule has 1 heterocycles. The smallest absolute Gasteiger partial charge is 0.220 e. The molecule has 0 aliphatic carbocycles. The van der Waals surface area contributed by atoms with Gasteiger partial charge in [0.15, 0.2) is 5.96 Å². The fourth-order valence-corrected chi connectivity index (χ4v) is 3.24. The number of guanidine groups is 1. The number of carbonyl (C=O) groups excluding carboxylic acids is 1. The molecule has 6 nitrogen and oxygen atoms in total. The number of piperidine rings is 1. The van der Waals surface area contributed by atoms with Crippen LogP contribution in [0.1, 0.15) is 38.2 Å². The van der Waals surface area contributed by atoms with Crippen molar-refractivity contribution >= 4 is 35.8 Å². The summed E-state index contributed by atoms with van der Waals surface area (Å²) < 4.78 is 13.7. The first kappa shape index (κ1) is 24.6. The second-order valence-corrected chi connectivity index (χ2v) is 6.94. The SMILES string of the molecule is CCNC(=NCc1ccccc1F)NCCCCN1CCC(C(N)=O)CC1.I. The van der Waals surface area contributed by atoms with Gasteiger partial charge in [-0.1, -0.05) is 18.2 Å². The van der Waals surface area contributed by atoms with Gasteiger partial charge in [-0.15, -0.1) is 24.0 Å². The summed E-state index contributed by atoms with van der Waals surface area (Å²) >= 11 is 0. The van der Waals surface area contributed by atoms with Gasteiger partial charge in [0, 0.05) is 24.6 Å². The molecule has 1 aliphatic heterocycles. The topological polar surface area (TPSA) is 82.8 Å². The Hall–Kier alpha value is -1.42. The van der Waals surface area contributed by atoms with Crippen LogP contribution in [-0.2, 0) is 11.3 Å². The van der Waals surface area contributed by atoms with Crippen molar-refractivity contribution in [2.75, 3.05) is 32.7 Å². The summed E-state index contributed by atoms with van der Waals surface area (Å²) in [5, 5.41) is 6.50. The Morgan fingerprint density at radius 2 is 1.96 bits per heavy atom. The standard InChI is InChI=1S/C20H32FN5O.HI/c1-2-23-20(25-15-17-7-3-4-8-18(17)21)24-11-5-6-12-26-13-9-16(10-14-26)19(22)27;/h3-4,7-8,16H,2,5-6,9-15H2,1H3,(H2,22,27)(H2,23,24,25);1H. The van der Waals surface area contributed by atoms with Crippen molar-refractivity contribution in [3.05, 3.63) is 35.6 Å². The van der Waals surface area contributed by atoms with Gasteiger partial charge in [0.25, 0.3) is 0 Å². The third-order valence-electron chi connectivity index (χ3n) is 4.89. The molecule has 0 bridgehead atoms. The van der Waals surface area contributed by atoms with Crippen molar-refractivity contribution in [2.45, 2.75) is 39.2 Å². The number of amides is 1. The Morgan fingerprint density at radius 3 is 2.61 bits per heavy atom. The maximum absolute atomic E-state index is 13.7. The number of aliphatic imine (C=N–C) groups is 1. The first-order chi connectivity index (χ1) is 13.1. The summed E-state index contributed by atoms with van der Waals surface area (Å²) in [5.74, 6) is 0.376. The van der Waals surface area contributed by atoms with Crippen molar-refractivity contribution in [1.29, 1.82) is 0 Å². The molecule has 1 amide bonds. The molecule has 0 spiro atoms. The van der Waals surface area contributed by atoms with E-state index < -0.39 is 0 Å². The quantitative estimate of drug-likeness (QED) is 0.209. The second-order valence-electron chi connectivity index (χ2n) is 6.94. The van der Waals surface area contributed by atoms with Crippen LogP contribution in [0.3, 0.4) is 0 Å². The molecule has 1 saturated heterocycles. The number of nitrogens with two attached hydrogens (primary N) is 1. The number of benzene rings is 1. The number of hydrogen-bond donors (Lipinski definition) is 3. The minimum Gasteiger partial charge on any atom is -0.369 e. The van der Waals surface area contributed by atoms with Crippen LogP contribution in [0.25, 0.3) is 0 Å². The molecule has 0 atom stereocenters. The average Bonchev–Trinajstić information content (AvgIpc) is 2.67. The van der Waals surface area contributed by atoms with E-state index in [0.717, 1.165) is 58.4 Å². The van der Waals surface area contributed by atoms with E-state index in [1.165, 1.54) is 6.07 Å². The van der Waals surface area contributed by atoms with E-state index in [1.54, 1.807) is 12.1 Å². The Kier molecular flexibility index (Phi) is 12.1. The van der Waals surface area contributed by atoms with Crippen LogP contribution >= 0.6 is 24.0 Å². The highest BCUT2D eigenvalue weighted by molar-refractivity contribution is 14.0. The monoisotopic (exact) mass is 505 g/mol. The Morgan fingerprint density at radius 1 is 1.25 bits per heavy atom. The van der Waals surface area contributed by atoms with Crippen molar-refractivity contribution < 1.29 is 9.18 Å². The van der Waals surface area contributed by atoms with Crippen LogP contribution in [0.5, 0.6) is 0 Å². The molecule has 28 heavy (non-hydrogen) atoms. The number of carbonyl (C=O) groups is 1. The number of hydrogen-bond acceptors (Lipinski definition) is 3. The van der Waals surface area contributed by atoms with Gasteiger partial charge in [-0.2, -0.15) is 0 Å². The van der Waals surface area contributed by atoms with Gasteiger partial charge in [-0.3, -0.25) is 4.79 Å². The van der Waals surface area contributed by atoms with E-state index >= 15 is 0 Å². The minimum absolute atomic E-state index is 0. The van der Waals surface area contributed by atoms with Gasteiger partial charge < -0.3 is 21.3 Å². The van der Waals surface area contributed by atoms with Crippen molar-refractivity contribution in [1.82, 2.24) is 15.5 Å². The maximum atomic E-state index is 13.7. The fraction of sp³-hybridized carbons (Fsp3) is 0.600. The molecule has 0 saturated carbocycles. The highest BCUT2D eigenvalue weighted by Crippen LogP contribution is 2.16. The lowest BCUT2D eigenvalue weighted by Gasteiger charge is -2.30. The third kappa shape index (κ3) is 8.72. The third-order valence-corrected chi connectivity index (χ3v) is 4.89. The van der Waals surface area contributed by atoms with Gasteiger partial charge in [0.1, 0.15) is 5.82 Å². The fourth-order valence-electron chi connectivity index (χ4n) is 3.24. The second kappa shape index (κ2) is 13.7. The van der Waals surface area contributed by atoms with Crippen LogP contribution in [-0.4, -0.2) is 49.5 Å². The van der Waals surface area contributed by atoms with Gasteiger partial charge in [0.2, 0.25) is 5.91 Å². The average molecular weight is 505 g/mol. The van der Waals surface area contributed by atoms with Crippen molar-refractivity contribution in [3.8, 4) is 0 Å². The van der Waals surface area contributed by atoms with Crippen molar-refractivity contribution in [3.63, 3.8) is 0 Å². The summed E-state index contributed by atoms with van der Waals surface area (Å²) in [4.78, 5) is 18.1. The number of primary amides is 1. The van der Waals surface area contributed by atoms with E-state index in [1.807, 2.05) is 13.0 Å². The number of likely N-dealkylation sites (tertiary alicyclic amines) is 1. The van der Waals surface area contributed by atoms with Gasteiger partial charge in [0.05, 0.1) is 6.54 Å². The summed E-state index contributed by atoms with van der Waals surface area (Å²) in [6, 6.07) is 6.71. The van der Waals surface area contributed by atoms with E-state index in [0.29, 0.717) is 18.1 Å². The van der Waals surface area contributed by atoms with E-state index in [4.69, 9.17) is 5.73 Å².